The van der Waals surface area contributed by atoms with E-state index in [1.165, 1.54) is 0 Å². The number of aliphatic imine (C=N–C) groups is 1. The lowest BCUT2D eigenvalue weighted by Gasteiger charge is -2.39. The van der Waals surface area contributed by atoms with E-state index in [-0.39, 0.29) is 42.7 Å². The Kier molecular flexibility index (Phi) is 9.61. The van der Waals surface area contributed by atoms with Gasteiger partial charge in [-0.2, -0.15) is 0 Å². The topological polar surface area (TPSA) is 77.4 Å². The molecular formula is C19H37IN4O3. The van der Waals surface area contributed by atoms with Crippen molar-refractivity contribution in [1.82, 2.24) is 15.1 Å². The fourth-order valence-corrected chi connectivity index (χ4v) is 3.61. The van der Waals surface area contributed by atoms with Crippen molar-refractivity contribution in [3.8, 4) is 0 Å². The van der Waals surface area contributed by atoms with Crippen molar-refractivity contribution >= 4 is 36.0 Å². The molecule has 27 heavy (non-hydrogen) atoms. The number of ether oxygens (including phenoxy) is 1. The third-order valence-electron chi connectivity index (χ3n) is 4.75. The van der Waals surface area contributed by atoms with Crippen molar-refractivity contribution in [2.24, 2.45) is 16.8 Å². The summed E-state index contributed by atoms with van der Waals surface area (Å²) in [5.74, 6) is 2.00. The highest BCUT2D eigenvalue weighted by Crippen LogP contribution is 2.19. The van der Waals surface area contributed by atoms with Crippen LogP contribution in [0.1, 0.15) is 47.5 Å². The summed E-state index contributed by atoms with van der Waals surface area (Å²) in [6.07, 6.45) is 1.67. The standard InChI is InChI=1S/C19H36N4O3.HI/c1-14(2)10-15(6-9-24)11-20-17-21-12-16-13-22(7-8-23(16)17)18(25)26-19(3,4)5;/h14-16,24H,6-13H2,1-5H3,(H,20,21);1H. The van der Waals surface area contributed by atoms with E-state index in [9.17, 15) is 9.90 Å². The normalized spacial score (nSPS) is 20.7. The van der Waals surface area contributed by atoms with Gasteiger partial charge >= 0.3 is 6.09 Å². The number of rotatable bonds is 6. The van der Waals surface area contributed by atoms with Crippen LogP contribution >= 0.6 is 24.0 Å². The number of fused-ring (bicyclic) bond motifs is 1. The lowest BCUT2D eigenvalue weighted by atomic mass is 9.94. The Hall–Kier alpha value is -0.770. The largest absolute Gasteiger partial charge is 0.444 e. The third kappa shape index (κ3) is 7.63. The Bertz CT molecular complexity index is 508. The first-order valence-corrected chi connectivity index (χ1v) is 9.83. The van der Waals surface area contributed by atoms with E-state index < -0.39 is 5.60 Å². The third-order valence-corrected chi connectivity index (χ3v) is 4.75. The zero-order chi connectivity index (χ0) is 19.3. The molecule has 8 heteroatoms. The quantitative estimate of drug-likeness (QED) is 0.553. The minimum Gasteiger partial charge on any atom is -0.444 e. The second-order valence-electron chi connectivity index (χ2n) is 8.83. The number of nitrogens with one attached hydrogen (secondary N) is 1. The van der Waals surface area contributed by atoms with Crippen LogP contribution in [0.25, 0.3) is 0 Å². The van der Waals surface area contributed by atoms with Gasteiger partial charge in [-0.1, -0.05) is 13.8 Å². The van der Waals surface area contributed by atoms with Crippen LogP contribution in [0.4, 0.5) is 4.79 Å². The molecule has 2 unspecified atom stereocenters. The highest BCUT2D eigenvalue weighted by molar-refractivity contribution is 14.0. The molecule has 0 saturated carbocycles. The Morgan fingerprint density at radius 2 is 2.07 bits per heavy atom. The van der Waals surface area contributed by atoms with Crippen LogP contribution in [0.5, 0.6) is 0 Å². The fourth-order valence-electron chi connectivity index (χ4n) is 3.61. The summed E-state index contributed by atoms with van der Waals surface area (Å²) < 4.78 is 5.49. The molecule has 2 atom stereocenters. The molecule has 158 valence electrons. The average Bonchev–Trinajstić information content (AvgIpc) is 2.93. The maximum Gasteiger partial charge on any atom is 0.410 e. The number of carbonyl (C=O) groups is 1. The summed E-state index contributed by atoms with van der Waals surface area (Å²) in [6.45, 7) is 13.9. The van der Waals surface area contributed by atoms with E-state index in [1.807, 2.05) is 20.8 Å². The molecule has 2 aliphatic rings. The number of halogens is 1. The molecule has 2 N–H and O–H groups in total. The molecule has 0 spiro atoms. The monoisotopic (exact) mass is 496 g/mol. The minimum absolute atomic E-state index is 0. The minimum atomic E-state index is -0.467. The zero-order valence-electron chi connectivity index (χ0n) is 17.4. The lowest BCUT2D eigenvalue weighted by Crippen LogP contribution is -2.57. The summed E-state index contributed by atoms with van der Waals surface area (Å²) in [6, 6.07) is 0.222. The molecule has 0 aromatic carbocycles. The van der Waals surface area contributed by atoms with E-state index in [2.05, 4.69) is 29.1 Å². The van der Waals surface area contributed by atoms with E-state index in [4.69, 9.17) is 4.74 Å². The Labute approximate surface area is 180 Å². The van der Waals surface area contributed by atoms with Crippen LogP contribution in [0.15, 0.2) is 4.99 Å². The Morgan fingerprint density at radius 1 is 1.37 bits per heavy atom. The first-order valence-electron chi connectivity index (χ1n) is 9.83. The number of nitrogens with zero attached hydrogens (tertiary/aromatic N) is 3. The van der Waals surface area contributed by atoms with Crippen LogP contribution in [0.3, 0.4) is 0 Å². The smallest absolute Gasteiger partial charge is 0.410 e. The fraction of sp³-hybridized carbons (Fsp3) is 0.895. The molecule has 0 aromatic heterocycles. The number of piperazine rings is 1. The highest BCUT2D eigenvalue weighted by Gasteiger charge is 2.36. The summed E-state index contributed by atoms with van der Waals surface area (Å²) in [5.41, 5.74) is -0.467. The molecule has 0 aromatic rings. The second kappa shape index (κ2) is 10.7. The van der Waals surface area contributed by atoms with Gasteiger partial charge in [0.25, 0.3) is 0 Å². The maximum atomic E-state index is 12.3. The van der Waals surface area contributed by atoms with E-state index >= 15 is 0 Å². The first kappa shape index (κ1) is 24.3. The number of guanidine groups is 1. The number of hydrogen-bond donors (Lipinski definition) is 2. The lowest BCUT2D eigenvalue weighted by molar-refractivity contribution is 0.0137. The molecule has 1 amide bonds. The van der Waals surface area contributed by atoms with Gasteiger partial charge in [0.1, 0.15) is 5.60 Å². The van der Waals surface area contributed by atoms with E-state index in [0.29, 0.717) is 31.5 Å². The highest BCUT2D eigenvalue weighted by atomic mass is 127. The number of amides is 1. The number of aliphatic hydroxyl groups excluding tert-OH is 1. The van der Waals surface area contributed by atoms with E-state index in [1.54, 1.807) is 4.90 Å². The van der Waals surface area contributed by atoms with Crippen LogP contribution in [-0.2, 0) is 4.74 Å². The van der Waals surface area contributed by atoms with Gasteiger partial charge in [-0.25, -0.2) is 4.79 Å². The number of hydrogen-bond acceptors (Lipinski definition) is 6. The molecule has 0 aliphatic carbocycles. The van der Waals surface area contributed by atoms with Gasteiger partial charge in [0.05, 0.1) is 12.6 Å². The average molecular weight is 496 g/mol. The van der Waals surface area contributed by atoms with Crippen molar-refractivity contribution in [2.75, 3.05) is 39.3 Å². The van der Waals surface area contributed by atoms with Gasteiger partial charge in [0.15, 0.2) is 5.96 Å². The molecule has 0 radical (unpaired) electrons. The molecule has 2 aliphatic heterocycles. The van der Waals surface area contributed by atoms with Crippen molar-refractivity contribution in [2.45, 2.75) is 59.1 Å². The van der Waals surface area contributed by atoms with Crippen molar-refractivity contribution in [3.63, 3.8) is 0 Å². The summed E-state index contributed by atoms with van der Waals surface area (Å²) >= 11 is 0. The predicted octanol–water partition coefficient (Wildman–Crippen LogP) is 2.53. The second-order valence-corrected chi connectivity index (χ2v) is 8.83. The zero-order valence-corrected chi connectivity index (χ0v) is 19.7. The van der Waals surface area contributed by atoms with E-state index in [0.717, 1.165) is 31.9 Å². The molecule has 2 rings (SSSR count). The van der Waals surface area contributed by atoms with Gasteiger partial charge in [0.2, 0.25) is 0 Å². The molecule has 2 heterocycles. The van der Waals surface area contributed by atoms with Crippen LogP contribution < -0.4 is 5.32 Å². The van der Waals surface area contributed by atoms with Crippen molar-refractivity contribution < 1.29 is 14.6 Å². The molecule has 7 nitrogen and oxygen atoms in total. The molecule has 1 saturated heterocycles. The van der Waals surface area contributed by atoms with Crippen LogP contribution in [0, 0.1) is 11.8 Å². The predicted molar refractivity (Wildman–Crippen MR) is 119 cm³/mol. The van der Waals surface area contributed by atoms with Gasteiger partial charge < -0.3 is 25.0 Å². The SMILES string of the molecule is CC(C)CC(CCO)CNC1=NCC2CN(C(=O)OC(C)(C)C)CCN12.I. The van der Waals surface area contributed by atoms with Crippen LogP contribution in [0.2, 0.25) is 0 Å². The van der Waals surface area contributed by atoms with Gasteiger partial charge in [-0.05, 0) is 45.4 Å². The number of aliphatic hydroxyl groups is 1. The summed E-state index contributed by atoms with van der Waals surface area (Å²) in [5, 5.41) is 12.8. The Morgan fingerprint density at radius 3 is 2.67 bits per heavy atom. The molecule has 0 bridgehead atoms. The van der Waals surface area contributed by atoms with Gasteiger partial charge in [0, 0.05) is 32.8 Å². The van der Waals surface area contributed by atoms with Crippen molar-refractivity contribution in [1.29, 1.82) is 0 Å². The molecule has 1 fully saturated rings. The van der Waals surface area contributed by atoms with Crippen molar-refractivity contribution in [3.05, 3.63) is 0 Å². The van der Waals surface area contributed by atoms with Crippen LogP contribution in [-0.4, -0.2) is 77.9 Å². The maximum absolute atomic E-state index is 12.3. The Balaban J connectivity index is 0.00000364. The molecular weight excluding hydrogens is 459 g/mol. The summed E-state index contributed by atoms with van der Waals surface area (Å²) in [7, 11) is 0. The van der Waals surface area contributed by atoms with Gasteiger partial charge in [-0.3, -0.25) is 4.99 Å². The number of carbonyl (C=O) groups excluding carboxylic acids is 1. The van der Waals surface area contributed by atoms with Gasteiger partial charge in [-0.15, -0.1) is 24.0 Å². The first-order chi connectivity index (χ1) is 12.2. The summed E-state index contributed by atoms with van der Waals surface area (Å²) in [4.78, 5) is 21.0.